The van der Waals surface area contributed by atoms with Gasteiger partial charge in [0.1, 0.15) is 0 Å². The van der Waals surface area contributed by atoms with Crippen LogP contribution in [0.25, 0.3) is 11.3 Å². The van der Waals surface area contributed by atoms with E-state index in [9.17, 15) is 0 Å². The standard InChI is InChI=1S/C15H17N/c1-10-5-6-14(12(3)7-10)15-13(4)8-11(2)9-16-15/h5-9H,1-4H3. The minimum Gasteiger partial charge on any atom is -0.256 e. The Labute approximate surface area is 97.2 Å². The molecule has 0 radical (unpaired) electrons. The highest BCUT2D eigenvalue weighted by atomic mass is 14.7. The van der Waals surface area contributed by atoms with Crippen molar-refractivity contribution in [1.29, 1.82) is 0 Å². The lowest BCUT2D eigenvalue weighted by Crippen LogP contribution is -1.92. The van der Waals surface area contributed by atoms with Crippen LogP contribution in [0.3, 0.4) is 0 Å². The van der Waals surface area contributed by atoms with Crippen molar-refractivity contribution in [3.63, 3.8) is 0 Å². The lowest BCUT2D eigenvalue weighted by molar-refractivity contribution is 1.21. The third-order valence-corrected chi connectivity index (χ3v) is 2.85. The van der Waals surface area contributed by atoms with Crippen LogP contribution < -0.4 is 0 Å². The average molecular weight is 211 g/mol. The first-order valence-corrected chi connectivity index (χ1v) is 5.59. The summed E-state index contributed by atoms with van der Waals surface area (Å²) in [6.45, 7) is 8.45. The second kappa shape index (κ2) is 4.09. The molecule has 1 aromatic carbocycles. The fourth-order valence-corrected chi connectivity index (χ4v) is 2.08. The molecule has 0 N–H and O–H groups in total. The van der Waals surface area contributed by atoms with E-state index in [1.165, 1.54) is 27.8 Å². The van der Waals surface area contributed by atoms with Crippen LogP contribution in [0.2, 0.25) is 0 Å². The zero-order chi connectivity index (χ0) is 11.7. The first-order valence-electron chi connectivity index (χ1n) is 5.59. The number of aryl methyl sites for hydroxylation is 4. The fraction of sp³-hybridized carbons (Fsp3) is 0.267. The van der Waals surface area contributed by atoms with Crippen molar-refractivity contribution in [3.05, 3.63) is 52.7 Å². The smallest absolute Gasteiger partial charge is 0.0733 e. The Bertz CT molecular complexity index is 477. The maximum atomic E-state index is 4.54. The third-order valence-electron chi connectivity index (χ3n) is 2.85. The molecule has 1 heterocycles. The number of benzene rings is 1. The molecular weight excluding hydrogens is 194 g/mol. The van der Waals surface area contributed by atoms with Crippen molar-refractivity contribution in [2.24, 2.45) is 0 Å². The van der Waals surface area contributed by atoms with Crippen molar-refractivity contribution in [1.82, 2.24) is 4.98 Å². The van der Waals surface area contributed by atoms with Crippen LogP contribution in [0.4, 0.5) is 0 Å². The van der Waals surface area contributed by atoms with E-state index in [2.05, 4.69) is 56.9 Å². The maximum absolute atomic E-state index is 4.54. The fourth-order valence-electron chi connectivity index (χ4n) is 2.08. The van der Waals surface area contributed by atoms with Gasteiger partial charge < -0.3 is 0 Å². The van der Waals surface area contributed by atoms with Crippen LogP contribution in [0, 0.1) is 27.7 Å². The molecule has 1 aromatic heterocycles. The van der Waals surface area contributed by atoms with Crippen molar-refractivity contribution < 1.29 is 0 Å². The summed E-state index contributed by atoms with van der Waals surface area (Å²) in [5.74, 6) is 0. The molecule has 0 saturated heterocycles. The molecule has 2 rings (SSSR count). The van der Waals surface area contributed by atoms with E-state index in [0.717, 1.165) is 5.69 Å². The first-order chi connectivity index (χ1) is 7.58. The van der Waals surface area contributed by atoms with Gasteiger partial charge in [-0.2, -0.15) is 0 Å². The van der Waals surface area contributed by atoms with Crippen LogP contribution in [-0.4, -0.2) is 4.98 Å². The molecule has 0 aliphatic carbocycles. The van der Waals surface area contributed by atoms with Gasteiger partial charge in [0.05, 0.1) is 5.69 Å². The molecule has 0 saturated carbocycles. The van der Waals surface area contributed by atoms with Crippen molar-refractivity contribution in [3.8, 4) is 11.3 Å². The van der Waals surface area contributed by atoms with Crippen LogP contribution in [0.15, 0.2) is 30.5 Å². The molecule has 82 valence electrons. The summed E-state index contributed by atoms with van der Waals surface area (Å²) in [6.07, 6.45) is 1.93. The topological polar surface area (TPSA) is 12.9 Å². The molecule has 0 aliphatic heterocycles. The van der Waals surface area contributed by atoms with Crippen molar-refractivity contribution in [2.45, 2.75) is 27.7 Å². The van der Waals surface area contributed by atoms with Gasteiger partial charge in [-0.25, -0.2) is 0 Å². The van der Waals surface area contributed by atoms with Crippen molar-refractivity contribution in [2.75, 3.05) is 0 Å². The maximum Gasteiger partial charge on any atom is 0.0733 e. The SMILES string of the molecule is Cc1ccc(-c2ncc(C)cc2C)c(C)c1. The lowest BCUT2D eigenvalue weighted by Gasteiger charge is -2.09. The van der Waals surface area contributed by atoms with Gasteiger partial charge in [0.2, 0.25) is 0 Å². The molecule has 0 atom stereocenters. The Hall–Kier alpha value is -1.63. The monoisotopic (exact) mass is 211 g/mol. The molecule has 0 bridgehead atoms. The Morgan fingerprint density at radius 1 is 0.812 bits per heavy atom. The van der Waals surface area contributed by atoms with E-state index in [1.807, 2.05) is 6.20 Å². The molecule has 16 heavy (non-hydrogen) atoms. The number of aromatic nitrogens is 1. The molecule has 0 amide bonds. The van der Waals surface area contributed by atoms with Gasteiger partial charge in [-0.15, -0.1) is 0 Å². The quantitative estimate of drug-likeness (QED) is 0.695. The van der Waals surface area contributed by atoms with E-state index in [1.54, 1.807) is 0 Å². The summed E-state index contributed by atoms with van der Waals surface area (Å²) in [4.78, 5) is 4.54. The second-order valence-electron chi connectivity index (χ2n) is 4.50. The highest BCUT2D eigenvalue weighted by Gasteiger charge is 2.06. The van der Waals surface area contributed by atoms with Gasteiger partial charge in [-0.1, -0.05) is 29.8 Å². The largest absolute Gasteiger partial charge is 0.256 e. The molecule has 0 unspecified atom stereocenters. The van der Waals surface area contributed by atoms with Crippen LogP contribution in [0.5, 0.6) is 0 Å². The van der Waals surface area contributed by atoms with Gasteiger partial charge in [0, 0.05) is 11.8 Å². The molecule has 0 fully saturated rings. The zero-order valence-electron chi connectivity index (χ0n) is 10.3. The summed E-state index contributed by atoms with van der Waals surface area (Å²) in [5, 5.41) is 0. The van der Waals surface area contributed by atoms with E-state index in [4.69, 9.17) is 0 Å². The van der Waals surface area contributed by atoms with Crippen molar-refractivity contribution >= 4 is 0 Å². The molecular formula is C15H17N. The molecule has 1 heteroatoms. The number of pyridine rings is 1. The normalized spacial score (nSPS) is 10.5. The first kappa shape index (κ1) is 10.9. The Morgan fingerprint density at radius 3 is 2.12 bits per heavy atom. The Balaban J connectivity index is 2.59. The van der Waals surface area contributed by atoms with Gasteiger partial charge >= 0.3 is 0 Å². The van der Waals surface area contributed by atoms with Gasteiger partial charge in [0.25, 0.3) is 0 Å². The molecule has 2 aromatic rings. The number of hydrogen-bond acceptors (Lipinski definition) is 1. The summed E-state index contributed by atoms with van der Waals surface area (Å²) < 4.78 is 0. The van der Waals surface area contributed by atoms with Crippen LogP contribution in [-0.2, 0) is 0 Å². The third kappa shape index (κ3) is 1.99. The highest BCUT2D eigenvalue weighted by molar-refractivity contribution is 5.67. The van der Waals surface area contributed by atoms with Crippen LogP contribution >= 0.6 is 0 Å². The number of hydrogen-bond donors (Lipinski definition) is 0. The summed E-state index contributed by atoms with van der Waals surface area (Å²) in [7, 11) is 0. The highest BCUT2D eigenvalue weighted by Crippen LogP contribution is 2.25. The van der Waals surface area contributed by atoms with E-state index in [0.29, 0.717) is 0 Å². The molecule has 0 spiro atoms. The summed E-state index contributed by atoms with van der Waals surface area (Å²) >= 11 is 0. The molecule has 1 nitrogen and oxygen atoms in total. The van der Waals surface area contributed by atoms with Gasteiger partial charge in [-0.05, 0) is 44.4 Å². The minimum atomic E-state index is 1.10. The predicted molar refractivity (Wildman–Crippen MR) is 68.6 cm³/mol. The molecule has 0 aliphatic rings. The van der Waals surface area contributed by atoms with E-state index < -0.39 is 0 Å². The summed E-state index contributed by atoms with van der Waals surface area (Å²) in [5.41, 5.74) is 7.38. The zero-order valence-corrected chi connectivity index (χ0v) is 10.3. The predicted octanol–water partition coefficient (Wildman–Crippen LogP) is 3.98. The second-order valence-corrected chi connectivity index (χ2v) is 4.50. The van der Waals surface area contributed by atoms with E-state index in [-0.39, 0.29) is 0 Å². The lowest BCUT2D eigenvalue weighted by atomic mass is 9.99. The van der Waals surface area contributed by atoms with Crippen LogP contribution in [0.1, 0.15) is 22.3 Å². The van der Waals surface area contributed by atoms with Gasteiger partial charge in [-0.3, -0.25) is 4.98 Å². The Morgan fingerprint density at radius 2 is 1.50 bits per heavy atom. The minimum absolute atomic E-state index is 1.10. The van der Waals surface area contributed by atoms with Gasteiger partial charge in [0.15, 0.2) is 0 Å². The summed E-state index contributed by atoms with van der Waals surface area (Å²) in [6, 6.07) is 8.69. The average Bonchev–Trinajstić information content (AvgIpc) is 2.19. The van der Waals surface area contributed by atoms with E-state index >= 15 is 0 Å². The number of rotatable bonds is 1. The number of nitrogens with zero attached hydrogens (tertiary/aromatic N) is 1. The Kier molecular flexibility index (Phi) is 2.78.